The number of hydrogen-bond acceptors (Lipinski definition) is 2. The fraction of sp³-hybridized carbons (Fsp3) is 0.577. The Kier molecular flexibility index (Phi) is 4.60. The van der Waals surface area contributed by atoms with Crippen LogP contribution in [0.5, 0.6) is 0 Å². The van der Waals surface area contributed by atoms with Gasteiger partial charge in [-0.2, -0.15) is 0 Å². The summed E-state index contributed by atoms with van der Waals surface area (Å²) in [5.41, 5.74) is 3.56. The maximum absolute atomic E-state index is 13.5. The van der Waals surface area contributed by atoms with Crippen molar-refractivity contribution in [3.63, 3.8) is 0 Å². The van der Waals surface area contributed by atoms with Gasteiger partial charge in [-0.25, -0.2) is 0 Å². The standard InChI is InChI=1S/C26H31ClO2/c1-25-11-9-20(28)15-18(25)5-8-21-22(25)10-12-26(2)23(21)14-17(24(26)29)13-16-3-6-19(27)7-4-16/h3-7,13,20-23,28H,8-12,14-15H2,1-2H3/t20-,21+,22+,23-,25+,26+/m1/s1. The monoisotopic (exact) mass is 410 g/mol. The molecule has 0 unspecified atom stereocenters. The highest BCUT2D eigenvalue weighted by molar-refractivity contribution is 6.30. The van der Waals surface area contributed by atoms with Crippen molar-refractivity contribution in [3.8, 4) is 0 Å². The number of carbonyl (C=O) groups excluding carboxylic acids is 1. The maximum atomic E-state index is 13.5. The molecule has 0 aromatic heterocycles. The van der Waals surface area contributed by atoms with Gasteiger partial charge in [-0.05, 0) is 97.5 Å². The average molecular weight is 411 g/mol. The van der Waals surface area contributed by atoms with Gasteiger partial charge in [0, 0.05) is 10.4 Å². The molecule has 154 valence electrons. The lowest BCUT2D eigenvalue weighted by Crippen LogP contribution is -2.50. The number of halogens is 1. The van der Waals surface area contributed by atoms with E-state index in [2.05, 4.69) is 26.0 Å². The quantitative estimate of drug-likeness (QED) is 0.440. The molecule has 0 aliphatic heterocycles. The van der Waals surface area contributed by atoms with Gasteiger partial charge in [0.05, 0.1) is 6.10 Å². The van der Waals surface area contributed by atoms with Crippen LogP contribution < -0.4 is 0 Å². The summed E-state index contributed by atoms with van der Waals surface area (Å²) in [6.45, 7) is 4.66. The number of benzene rings is 1. The van der Waals surface area contributed by atoms with E-state index in [9.17, 15) is 9.90 Å². The third kappa shape index (κ3) is 2.98. The second-order valence-electron chi connectivity index (χ2n) is 10.4. The van der Waals surface area contributed by atoms with Crippen LogP contribution in [-0.2, 0) is 4.79 Å². The molecule has 5 rings (SSSR count). The number of Topliss-reactive ketones (excluding diaryl/α,β-unsaturated/α-hetero) is 1. The molecule has 29 heavy (non-hydrogen) atoms. The van der Waals surface area contributed by atoms with Crippen molar-refractivity contribution in [1.29, 1.82) is 0 Å². The van der Waals surface area contributed by atoms with Crippen LogP contribution >= 0.6 is 11.6 Å². The molecular weight excluding hydrogens is 380 g/mol. The Labute approximate surface area is 179 Å². The third-order valence-corrected chi connectivity index (χ3v) is 9.18. The Morgan fingerprint density at radius 2 is 1.76 bits per heavy atom. The molecule has 3 fully saturated rings. The molecule has 0 spiro atoms. The van der Waals surface area contributed by atoms with Crippen LogP contribution in [0.2, 0.25) is 5.02 Å². The van der Waals surface area contributed by atoms with Crippen molar-refractivity contribution >= 4 is 23.5 Å². The zero-order chi connectivity index (χ0) is 20.4. The molecule has 0 bridgehead atoms. The molecule has 1 aromatic rings. The van der Waals surface area contributed by atoms with Crippen LogP contribution in [0.25, 0.3) is 6.08 Å². The second-order valence-corrected chi connectivity index (χ2v) is 10.8. The summed E-state index contributed by atoms with van der Waals surface area (Å²) in [6, 6.07) is 7.79. The number of hydrogen-bond donors (Lipinski definition) is 1. The molecule has 4 aliphatic rings. The van der Waals surface area contributed by atoms with Gasteiger partial charge in [0.2, 0.25) is 0 Å². The third-order valence-electron chi connectivity index (χ3n) is 8.93. The predicted octanol–water partition coefficient (Wildman–Crippen LogP) is 6.23. The number of fused-ring (bicyclic) bond motifs is 5. The summed E-state index contributed by atoms with van der Waals surface area (Å²) in [5.74, 6) is 2.04. The largest absolute Gasteiger partial charge is 0.393 e. The maximum Gasteiger partial charge on any atom is 0.165 e. The predicted molar refractivity (Wildman–Crippen MR) is 118 cm³/mol. The Hall–Kier alpha value is -1.38. The highest BCUT2D eigenvalue weighted by Crippen LogP contribution is 2.64. The van der Waals surface area contributed by atoms with Crippen LogP contribution in [0.4, 0.5) is 0 Å². The van der Waals surface area contributed by atoms with Gasteiger partial charge in [-0.3, -0.25) is 4.79 Å². The number of carbonyl (C=O) groups is 1. The van der Waals surface area contributed by atoms with Crippen LogP contribution in [0, 0.1) is 28.6 Å². The second kappa shape index (κ2) is 6.82. The smallest absolute Gasteiger partial charge is 0.165 e. The van der Waals surface area contributed by atoms with E-state index in [4.69, 9.17) is 11.6 Å². The van der Waals surface area contributed by atoms with Gasteiger partial charge in [0.25, 0.3) is 0 Å². The number of aliphatic hydroxyl groups is 1. The van der Waals surface area contributed by atoms with E-state index in [1.54, 1.807) is 0 Å². The molecule has 1 aromatic carbocycles. The minimum Gasteiger partial charge on any atom is -0.393 e. The highest BCUT2D eigenvalue weighted by atomic mass is 35.5. The van der Waals surface area contributed by atoms with Crippen molar-refractivity contribution in [2.75, 3.05) is 0 Å². The molecule has 3 saturated carbocycles. The van der Waals surface area contributed by atoms with Crippen molar-refractivity contribution < 1.29 is 9.90 Å². The molecule has 1 N–H and O–H groups in total. The lowest BCUT2D eigenvalue weighted by molar-refractivity contribution is -0.130. The Morgan fingerprint density at radius 1 is 1.03 bits per heavy atom. The van der Waals surface area contributed by atoms with Crippen molar-refractivity contribution in [2.24, 2.45) is 28.6 Å². The minimum absolute atomic E-state index is 0.165. The first kappa shape index (κ1) is 19.6. The van der Waals surface area contributed by atoms with Crippen molar-refractivity contribution in [3.05, 3.63) is 52.1 Å². The Balaban J connectivity index is 1.47. The first-order valence-electron chi connectivity index (χ1n) is 11.2. The van der Waals surface area contributed by atoms with E-state index in [1.165, 1.54) is 5.57 Å². The van der Waals surface area contributed by atoms with E-state index in [0.29, 0.717) is 23.5 Å². The molecule has 0 radical (unpaired) electrons. The van der Waals surface area contributed by atoms with Gasteiger partial charge >= 0.3 is 0 Å². The zero-order valence-corrected chi connectivity index (χ0v) is 18.2. The van der Waals surface area contributed by atoms with Gasteiger partial charge in [0.1, 0.15) is 0 Å². The van der Waals surface area contributed by atoms with E-state index in [-0.39, 0.29) is 16.9 Å². The van der Waals surface area contributed by atoms with Gasteiger partial charge in [0.15, 0.2) is 5.78 Å². The number of allylic oxidation sites excluding steroid dienone is 2. The molecule has 4 aliphatic carbocycles. The normalized spacial score (nSPS) is 42.8. The first-order valence-corrected chi connectivity index (χ1v) is 11.6. The van der Waals surface area contributed by atoms with Crippen LogP contribution in [-0.4, -0.2) is 17.0 Å². The molecule has 0 heterocycles. The SMILES string of the molecule is C[C@]12CC[C@@H](O)CC1=CC[C@@H]1[C@H]3CC(=Cc4ccc(Cl)cc4)C(=O)[C@@]3(C)CC[C@@H]12. The molecule has 0 amide bonds. The molecule has 6 atom stereocenters. The average Bonchev–Trinajstić information content (AvgIpc) is 2.95. The lowest BCUT2D eigenvalue weighted by atomic mass is 9.48. The van der Waals surface area contributed by atoms with Crippen molar-refractivity contribution in [2.45, 2.75) is 64.9 Å². The van der Waals surface area contributed by atoms with Crippen molar-refractivity contribution in [1.82, 2.24) is 0 Å². The van der Waals surface area contributed by atoms with Gasteiger partial charge in [-0.15, -0.1) is 0 Å². The van der Waals surface area contributed by atoms with Crippen LogP contribution in [0.15, 0.2) is 41.5 Å². The van der Waals surface area contributed by atoms with E-state index in [0.717, 1.165) is 61.1 Å². The summed E-state index contributed by atoms with van der Waals surface area (Å²) in [4.78, 5) is 13.5. The number of rotatable bonds is 1. The Morgan fingerprint density at radius 3 is 2.52 bits per heavy atom. The fourth-order valence-corrected chi connectivity index (χ4v) is 7.33. The minimum atomic E-state index is -0.213. The van der Waals surface area contributed by atoms with Gasteiger partial charge < -0.3 is 5.11 Å². The summed E-state index contributed by atoms with van der Waals surface area (Å²) in [7, 11) is 0. The molecule has 0 saturated heterocycles. The van der Waals surface area contributed by atoms with E-state index < -0.39 is 0 Å². The van der Waals surface area contributed by atoms with E-state index >= 15 is 0 Å². The summed E-state index contributed by atoms with van der Waals surface area (Å²) < 4.78 is 0. The molecule has 2 nitrogen and oxygen atoms in total. The highest BCUT2D eigenvalue weighted by Gasteiger charge is 2.59. The number of aliphatic hydroxyl groups excluding tert-OH is 1. The van der Waals surface area contributed by atoms with Crippen LogP contribution in [0.1, 0.15) is 64.4 Å². The zero-order valence-electron chi connectivity index (χ0n) is 17.5. The number of ketones is 1. The fourth-order valence-electron chi connectivity index (χ4n) is 7.20. The summed E-state index contributed by atoms with van der Waals surface area (Å²) in [5, 5.41) is 10.9. The summed E-state index contributed by atoms with van der Waals surface area (Å²) in [6.07, 6.45) is 11.3. The first-order chi connectivity index (χ1) is 13.8. The summed E-state index contributed by atoms with van der Waals surface area (Å²) >= 11 is 6.02. The Bertz CT molecular complexity index is 898. The molecule has 3 heteroatoms. The van der Waals surface area contributed by atoms with Crippen LogP contribution in [0.3, 0.4) is 0 Å². The topological polar surface area (TPSA) is 37.3 Å². The van der Waals surface area contributed by atoms with E-state index in [1.807, 2.05) is 24.3 Å². The lowest BCUT2D eigenvalue weighted by Gasteiger charge is -2.56. The molecular formula is C26H31ClO2. The van der Waals surface area contributed by atoms with Gasteiger partial charge in [-0.1, -0.05) is 49.2 Å².